The van der Waals surface area contributed by atoms with E-state index in [9.17, 15) is 9.59 Å². The predicted octanol–water partition coefficient (Wildman–Crippen LogP) is 3.26. The van der Waals surface area contributed by atoms with Crippen LogP contribution in [0.25, 0.3) is 5.73 Å². The molecule has 9 nitrogen and oxygen atoms in total. The molecule has 2 unspecified atom stereocenters. The van der Waals surface area contributed by atoms with Gasteiger partial charge in [-0.3, -0.25) is 14.6 Å². The van der Waals surface area contributed by atoms with Crippen LogP contribution in [-0.2, 0) is 40.3 Å². The maximum Gasteiger partial charge on any atom is 1.00 e. The van der Waals surface area contributed by atoms with Gasteiger partial charge < -0.3 is 25.7 Å². The van der Waals surface area contributed by atoms with Crippen LogP contribution in [-0.4, -0.2) is 60.6 Å². The Kier molecular flexibility index (Phi) is 13.9. The van der Waals surface area contributed by atoms with Gasteiger partial charge in [0.15, 0.2) is 0 Å². The van der Waals surface area contributed by atoms with Crippen molar-refractivity contribution in [1.82, 2.24) is 20.6 Å². The van der Waals surface area contributed by atoms with E-state index in [-0.39, 0.29) is 37.3 Å². The first-order valence-corrected chi connectivity index (χ1v) is 12.7. The van der Waals surface area contributed by atoms with Crippen LogP contribution >= 0.6 is 0 Å². The van der Waals surface area contributed by atoms with E-state index in [1.807, 2.05) is 30.3 Å². The van der Waals surface area contributed by atoms with Crippen molar-refractivity contribution in [2.75, 3.05) is 19.8 Å². The summed E-state index contributed by atoms with van der Waals surface area (Å²) < 4.78 is 12.1. The maximum absolute atomic E-state index is 13.5. The zero-order valence-electron chi connectivity index (χ0n) is 21.5. The fraction of sp³-hybridized carbons (Fsp3) is 0.538. The third-order valence-electron chi connectivity index (χ3n) is 6.11. The van der Waals surface area contributed by atoms with Gasteiger partial charge in [0.1, 0.15) is 11.7 Å². The first kappa shape index (κ1) is 31.0. The SMILES string of the molecule is CC(C)CC(NC(=O)C(Cc1ccccc1)NC(=O)c1cnccn1)B1OCC(CCCC[NH-])CO1.[Os+]. The molecular weight excluding hydrogens is 647 g/mol. The summed E-state index contributed by atoms with van der Waals surface area (Å²) in [4.78, 5) is 34.3. The van der Waals surface area contributed by atoms with Crippen LogP contribution in [0.15, 0.2) is 48.9 Å². The van der Waals surface area contributed by atoms with Crippen molar-refractivity contribution in [3.05, 3.63) is 65.9 Å². The Hall–Kier alpha value is -2.18. The number of carbonyl (C=O) groups excluding carboxylic acids is 2. The summed E-state index contributed by atoms with van der Waals surface area (Å²) in [5.74, 6) is -0.496. The average molecular weight is 685 g/mol. The van der Waals surface area contributed by atoms with Gasteiger partial charge in [-0.15, -0.1) is 0 Å². The molecule has 2 aromatic rings. The summed E-state index contributed by atoms with van der Waals surface area (Å²) in [6.07, 6.45) is 8.16. The molecule has 1 saturated heterocycles. The molecule has 3 N–H and O–H groups in total. The molecule has 1 aromatic carbocycles. The second-order valence-corrected chi connectivity index (χ2v) is 9.70. The summed E-state index contributed by atoms with van der Waals surface area (Å²) in [7, 11) is -0.545. The molecule has 1 fully saturated rings. The van der Waals surface area contributed by atoms with Crippen molar-refractivity contribution >= 4 is 18.9 Å². The Morgan fingerprint density at radius 2 is 1.84 bits per heavy atom. The number of hydrogen-bond acceptors (Lipinski definition) is 6. The van der Waals surface area contributed by atoms with Crippen molar-refractivity contribution in [1.29, 1.82) is 0 Å². The van der Waals surface area contributed by atoms with Crippen LogP contribution in [0.2, 0.25) is 0 Å². The fourth-order valence-electron chi connectivity index (χ4n) is 4.25. The molecule has 0 saturated carbocycles. The maximum atomic E-state index is 13.5. The third-order valence-corrected chi connectivity index (χ3v) is 6.11. The number of aromatic nitrogens is 2. The van der Waals surface area contributed by atoms with E-state index in [2.05, 4.69) is 34.4 Å². The first-order valence-electron chi connectivity index (χ1n) is 12.7. The molecule has 11 heteroatoms. The minimum Gasteiger partial charge on any atom is -0.677 e. The molecule has 0 aliphatic carbocycles. The standard InChI is InChI=1S/C26H37BN5O4.Os/c1-19(2)14-24(27-35-17-21(18-36-27)10-6-7-11-28)32-25(33)22(15-20-8-4-3-5-9-20)31-26(34)23-16-29-12-13-30-23;/h3-5,8-9,12-13,16,19,21-22,24,28H,6-7,10-11,14-15,17-18H2,1-2H3,(H,31,34)(H,32,33);/q-1;+1. The molecule has 0 bridgehead atoms. The van der Waals surface area contributed by atoms with E-state index in [4.69, 9.17) is 15.0 Å². The quantitative estimate of drug-likeness (QED) is 0.247. The van der Waals surface area contributed by atoms with Crippen LogP contribution in [0.5, 0.6) is 0 Å². The van der Waals surface area contributed by atoms with Gasteiger partial charge in [-0.2, -0.15) is 6.54 Å². The summed E-state index contributed by atoms with van der Waals surface area (Å²) in [5.41, 5.74) is 8.38. The van der Waals surface area contributed by atoms with E-state index < -0.39 is 19.1 Å². The van der Waals surface area contributed by atoms with Crippen molar-refractivity contribution < 1.29 is 38.7 Å². The van der Waals surface area contributed by atoms with E-state index in [0.717, 1.165) is 24.8 Å². The normalized spacial score (nSPS) is 15.5. The largest absolute Gasteiger partial charge is 1.00 e. The van der Waals surface area contributed by atoms with E-state index in [1.165, 1.54) is 18.6 Å². The topological polar surface area (TPSA) is 126 Å². The molecule has 37 heavy (non-hydrogen) atoms. The van der Waals surface area contributed by atoms with Gasteiger partial charge in [0.25, 0.3) is 5.91 Å². The first-order chi connectivity index (χ1) is 17.5. The van der Waals surface area contributed by atoms with E-state index in [1.54, 1.807) is 0 Å². The number of nitrogens with zero attached hydrogens (tertiary/aromatic N) is 2. The Balaban J connectivity index is 0.00000481. The smallest absolute Gasteiger partial charge is 0.677 e. The number of nitrogens with one attached hydrogen (secondary N) is 3. The molecule has 1 aliphatic rings. The van der Waals surface area contributed by atoms with Crippen LogP contribution in [0.1, 0.15) is 55.6 Å². The molecule has 3 rings (SSSR count). The number of benzene rings is 1. The van der Waals surface area contributed by atoms with Gasteiger partial charge in [0, 0.05) is 37.9 Å². The monoisotopic (exact) mass is 686 g/mol. The Morgan fingerprint density at radius 1 is 1.11 bits per heavy atom. The molecule has 2 heterocycles. The zero-order valence-corrected chi connectivity index (χ0v) is 24.1. The van der Waals surface area contributed by atoms with Gasteiger partial charge in [-0.05, 0) is 24.3 Å². The van der Waals surface area contributed by atoms with Crippen LogP contribution in [0.3, 0.4) is 0 Å². The summed E-state index contributed by atoms with van der Waals surface area (Å²) in [5, 5.41) is 5.93. The molecule has 0 spiro atoms. The minimum atomic E-state index is -0.808. The minimum absolute atomic E-state index is 0. The Morgan fingerprint density at radius 3 is 2.46 bits per heavy atom. The second-order valence-electron chi connectivity index (χ2n) is 9.70. The summed E-state index contributed by atoms with van der Waals surface area (Å²) >= 11 is 0. The summed E-state index contributed by atoms with van der Waals surface area (Å²) in [6.45, 7) is 5.76. The molecule has 201 valence electrons. The number of amides is 2. The molecule has 2 amide bonds. The van der Waals surface area contributed by atoms with Crippen molar-refractivity contribution in [3.63, 3.8) is 0 Å². The number of carbonyl (C=O) groups is 2. The van der Waals surface area contributed by atoms with Crippen LogP contribution in [0.4, 0.5) is 0 Å². The van der Waals surface area contributed by atoms with Crippen LogP contribution in [0, 0.1) is 11.8 Å². The average Bonchev–Trinajstić information content (AvgIpc) is 2.89. The number of rotatable bonds is 13. The van der Waals surface area contributed by atoms with Crippen molar-refractivity contribution in [2.45, 2.75) is 57.9 Å². The predicted molar refractivity (Wildman–Crippen MR) is 139 cm³/mol. The summed E-state index contributed by atoms with van der Waals surface area (Å²) in [6, 6.07) is 8.76. The van der Waals surface area contributed by atoms with Gasteiger partial charge in [0.05, 0.1) is 12.1 Å². The molecular formula is C26H37BN5O4Os. The second kappa shape index (κ2) is 16.6. The Labute approximate surface area is 233 Å². The van der Waals surface area contributed by atoms with Gasteiger partial charge >= 0.3 is 26.9 Å². The zero-order chi connectivity index (χ0) is 25.8. The van der Waals surface area contributed by atoms with Crippen LogP contribution < -0.4 is 10.6 Å². The van der Waals surface area contributed by atoms with E-state index in [0.29, 0.717) is 44.4 Å². The molecule has 1 aliphatic heterocycles. The van der Waals surface area contributed by atoms with Crippen molar-refractivity contribution in [2.24, 2.45) is 11.8 Å². The fourth-order valence-corrected chi connectivity index (χ4v) is 4.25. The van der Waals surface area contributed by atoms with Gasteiger partial charge in [-0.1, -0.05) is 57.0 Å². The molecule has 2 atom stereocenters. The van der Waals surface area contributed by atoms with Gasteiger partial charge in [0.2, 0.25) is 5.91 Å². The Bertz CT molecular complexity index is 933. The van der Waals surface area contributed by atoms with E-state index >= 15 is 0 Å². The third kappa shape index (κ3) is 10.6. The molecule has 1 radical (unpaired) electrons. The number of hydrogen-bond donors (Lipinski definition) is 2. The molecule has 1 aromatic heterocycles. The number of unbranched alkanes of at least 4 members (excludes halogenated alkanes) is 1. The van der Waals surface area contributed by atoms with Gasteiger partial charge in [-0.25, -0.2) is 4.98 Å². The van der Waals surface area contributed by atoms with Crippen molar-refractivity contribution in [3.8, 4) is 0 Å².